The lowest BCUT2D eigenvalue weighted by molar-refractivity contribution is -0.132. The Labute approximate surface area is 152 Å². The number of nitrogens with one attached hydrogen (secondary N) is 2. The number of hydrogen-bond acceptors (Lipinski definition) is 5. The lowest BCUT2D eigenvalue weighted by atomic mass is 10.1. The lowest BCUT2D eigenvalue weighted by Gasteiger charge is -2.13. The molecule has 8 heteroatoms. The van der Waals surface area contributed by atoms with Gasteiger partial charge in [0.25, 0.3) is 5.91 Å². The number of ether oxygens (including phenoxy) is 2. The number of methoxy groups -OCH3 is 2. The maximum absolute atomic E-state index is 12.1. The van der Waals surface area contributed by atoms with E-state index in [0.717, 1.165) is 16.9 Å². The summed E-state index contributed by atoms with van der Waals surface area (Å²) >= 11 is 0. The smallest absolute Gasteiger partial charge is 0.325 e. The van der Waals surface area contributed by atoms with Crippen molar-refractivity contribution >= 4 is 17.8 Å². The molecule has 0 bridgehead atoms. The van der Waals surface area contributed by atoms with Crippen LogP contribution in [-0.2, 0) is 16.0 Å². The molecule has 0 radical (unpaired) electrons. The van der Waals surface area contributed by atoms with Crippen molar-refractivity contribution < 1.29 is 23.9 Å². The Hall–Kier alpha value is -2.77. The molecule has 1 aliphatic rings. The monoisotopic (exact) mass is 363 g/mol. The van der Waals surface area contributed by atoms with E-state index in [9.17, 15) is 14.4 Å². The molecule has 1 fully saturated rings. The van der Waals surface area contributed by atoms with Crippen LogP contribution in [0.1, 0.15) is 25.3 Å². The molecule has 142 valence electrons. The van der Waals surface area contributed by atoms with Crippen LogP contribution >= 0.6 is 0 Å². The molecule has 8 nitrogen and oxygen atoms in total. The number of benzene rings is 1. The highest BCUT2D eigenvalue weighted by Gasteiger charge is 2.38. The Morgan fingerprint density at radius 1 is 1.23 bits per heavy atom. The Kier molecular flexibility index (Phi) is 6.82. The van der Waals surface area contributed by atoms with Crippen LogP contribution in [-0.4, -0.2) is 56.1 Å². The van der Waals surface area contributed by atoms with Gasteiger partial charge in [-0.05, 0) is 30.5 Å². The van der Waals surface area contributed by atoms with Crippen molar-refractivity contribution in [3.63, 3.8) is 0 Å². The molecule has 0 aliphatic carbocycles. The summed E-state index contributed by atoms with van der Waals surface area (Å²) in [4.78, 5) is 36.9. The first-order chi connectivity index (χ1) is 12.5. The van der Waals surface area contributed by atoms with Gasteiger partial charge in [0.2, 0.25) is 5.91 Å². The zero-order valence-corrected chi connectivity index (χ0v) is 15.3. The van der Waals surface area contributed by atoms with Gasteiger partial charge in [0.15, 0.2) is 11.5 Å². The van der Waals surface area contributed by atoms with Crippen molar-refractivity contribution in [2.45, 2.75) is 32.2 Å². The molecule has 1 heterocycles. The van der Waals surface area contributed by atoms with E-state index in [0.29, 0.717) is 30.9 Å². The molecule has 26 heavy (non-hydrogen) atoms. The molecule has 1 aliphatic heterocycles. The quantitative estimate of drug-likeness (QED) is 0.640. The highest BCUT2D eigenvalue weighted by molar-refractivity contribution is 6.06. The number of hydrogen-bond donors (Lipinski definition) is 2. The van der Waals surface area contributed by atoms with Crippen LogP contribution in [0.25, 0.3) is 0 Å². The third kappa shape index (κ3) is 4.65. The number of imide groups is 1. The first-order valence-electron chi connectivity index (χ1n) is 8.59. The highest BCUT2D eigenvalue weighted by Crippen LogP contribution is 2.27. The number of nitrogens with zero attached hydrogens (tertiary/aromatic N) is 1. The molecule has 0 saturated carbocycles. The SMILES string of the molecule is CCCC1NC(=O)N(CC(=O)NCCc2ccc(OC)c(OC)c2)C1=O. The highest BCUT2D eigenvalue weighted by atomic mass is 16.5. The molecule has 1 aromatic rings. The Morgan fingerprint density at radius 3 is 2.62 bits per heavy atom. The van der Waals surface area contributed by atoms with Crippen LogP contribution in [0.2, 0.25) is 0 Å². The van der Waals surface area contributed by atoms with Crippen molar-refractivity contribution in [1.29, 1.82) is 0 Å². The van der Waals surface area contributed by atoms with Gasteiger partial charge in [0, 0.05) is 6.54 Å². The van der Waals surface area contributed by atoms with Gasteiger partial charge in [-0.2, -0.15) is 0 Å². The number of urea groups is 1. The molecule has 1 unspecified atom stereocenters. The zero-order valence-electron chi connectivity index (χ0n) is 15.3. The molecule has 0 aromatic heterocycles. The molecule has 4 amide bonds. The van der Waals surface area contributed by atoms with E-state index in [2.05, 4.69) is 10.6 Å². The van der Waals surface area contributed by atoms with Crippen molar-refractivity contribution in [3.05, 3.63) is 23.8 Å². The van der Waals surface area contributed by atoms with E-state index in [4.69, 9.17) is 9.47 Å². The maximum Gasteiger partial charge on any atom is 0.325 e. The third-order valence-electron chi connectivity index (χ3n) is 4.17. The van der Waals surface area contributed by atoms with Gasteiger partial charge < -0.3 is 20.1 Å². The minimum Gasteiger partial charge on any atom is -0.493 e. The van der Waals surface area contributed by atoms with Crippen LogP contribution in [0.4, 0.5) is 4.79 Å². The fraction of sp³-hybridized carbons (Fsp3) is 0.500. The topological polar surface area (TPSA) is 97.0 Å². The molecule has 1 aromatic carbocycles. The maximum atomic E-state index is 12.1. The summed E-state index contributed by atoms with van der Waals surface area (Å²) in [6.45, 7) is 2.05. The fourth-order valence-electron chi connectivity index (χ4n) is 2.79. The average molecular weight is 363 g/mol. The molecule has 1 saturated heterocycles. The van der Waals surface area contributed by atoms with Gasteiger partial charge >= 0.3 is 6.03 Å². The number of carbonyl (C=O) groups excluding carboxylic acids is 3. The molecular formula is C18H25N3O5. The Balaban J connectivity index is 1.82. The first-order valence-corrected chi connectivity index (χ1v) is 8.59. The summed E-state index contributed by atoms with van der Waals surface area (Å²) in [5.74, 6) is 0.552. The second kappa shape index (κ2) is 9.07. The standard InChI is InChI=1S/C18H25N3O5/c1-4-5-13-17(23)21(18(24)20-13)11-16(22)19-9-8-12-6-7-14(25-2)15(10-12)26-3/h6-7,10,13H,4-5,8-9,11H2,1-3H3,(H,19,22)(H,20,24). The molecule has 0 spiro atoms. The summed E-state index contributed by atoms with van der Waals surface area (Å²) in [6, 6.07) is 4.50. The van der Waals surface area contributed by atoms with Gasteiger partial charge in [-0.3, -0.25) is 14.5 Å². The van der Waals surface area contributed by atoms with Crippen LogP contribution in [0.15, 0.2) is 18.2 Å². The van der Waals surface area contributed by atoms with E-state index in [1.54, 1.807) is 20.3 Å². The van der Waals surface area contributed by atoms with Crippen molar-refractivity contribution in [2.75, 3.05) is 27.3 Å². The Morgan fingerprint density at radius 2 is 1.96 bits per heavy atom. The molecule has 2 N–H and O–H groups in total. The van der Waals surface area contributed by atoms with E-state index in [1.165, 1.54) is 0 Å². The largest absolute Gasteiger partial charge is 0.493 e. The average Bonchev–Trinajstić information content (AvgIpc) is 2.89. The molecular weight excluding hydrogens is 338 g/mol. The first kappa shape index (κ1) is 19.6. The second-order valence-corrected chi connectivity index (χ2v) is 6.00. The molecule has 1 atom stereocenters. The summed E-state index contributed by atoms with van der Waals surface area (Å²) in [5, 5.41) is 5.32. The predicted octanol–water partition coefficient (Wildman–Crippen LogP) is 1.08. The minimum atomic E-state index is -0.521. The summed E-state index contributed by atoms with van der Waals surface area (Å²) in [7, 11) is 3.13. The summed E-state index contributed by atoms with van der Waals surface area (Å²) in [5.41, 5.74) is 0.973. The predicted molar refractivity (Wildman–Crippen MR) is 95.2 cm³/mol. The number of carbonyl (C=O) groups is 3. The number of rotatable bonds is 9. The van der Waals surface area contributed by atoms with Gasteiger partial charge in [-0.25, -0.2) is 4.79 Å². The van der Waals surface area contributed by atoms with Gasteiger partial charge in [0.05, 0.1) is 14.2 Å². The van der Waals surface area contributed by atoms with E-state index in [1.807, 2.05) is 19.1 Å². The third-order valence-corrected chi connectivity index (χ3v) is 4.17. The van der Waals surface area contributed by atoms with Crippen molar-refractivity contribution in [1.82, 2.24) is 15.5 Å². The van der Waals surface area contributed by atoms with E-state index < -0.39 is 12.1 Å². The fourth-order valence-corrected chi connectivity index (χ4v) is 2.79. The van der Waals surface area contributed by atoms with E-state index in [-0.39, 0.29) is 18.4 Å². The second-order valence-electron chi connectivity index (χ2n) is 6.00. The summed E-state index contributed by atoms with van der Waals surface area (Å²) < 4.78 is 10.4. The van der Waals surface area contributed by atoms with Gasteiger partial charge in [0.1, 0.15) is 12.6 Å². The van der Waals surface area contributed by atoms with Crippen LogP contribution in [0.3, 0.4) is 0 Å². The van der Waals surface area contributed by atoms with Gasteiger partial charge in [-0.1, -0.05) is 19.4 Å². The minimum absolute atomic E-state index is 0.267. The Bertz CT molecular complexity index is 677. The van der Waals surface area contributed by atoms with E-state index >= 15 is 0 Å². The van der Waals surface area contributed by atoms with Crippen molar-refractivity contribution in [2.24, 2.45) is 0 Å². The normalized spacial score (nSPS) is 16.4. The van der Waals surface area contributed by atoms with Crippen LogP contribution in [0, 0.1) is 0 Å². The van der Waals surface area contributed by atoms with Gasteiger partial charge in [-0.15, -0.1) is 0 Å². The van der Waals surface area contributed by atoms with Crippen LogP contribution in [0.5, 0.6) is 11.5 Å². The summed E-state index contributed by atoms with van der Waals surface area (Å²) in [6.07, 6.45) is 1.94. The molecule has 2 rings (SSSR count). The zero-order chi connectivity index (χ0) is 19.1. The van der Waals surface area contributed by atoms with Crippen LogP contribution < -0.4 is 20.1 Å². The lowest BCUT2D eigenvalue weighted by Crippen LogP contribution is -2.41. The van der Waals surface area contributed by atoms with Crippen molar-refractivity contribution in [3.8, 4) is 11.5 Å². The number of amides is 4.